The molecule has 0 spiro atoms. The minimum Gasteiger partial charge on any atom is -0.461 e. The number of esters is 1. The fourth-order valence-electron chi connectivity index (χ4n) is 3.19. The van der Waals surface area contributed by atoms with E-state index in [1.54, 1.807) is 0 Å². The number of carbonyl (C=O) groups excluding carboxylic acids is 1. The Labute approximate surface area is 173 Å². The van der Waals surface area contributed by atoms with Gasteiger partial charge in [-0.15, -0.1) is 0 Å². The molecule has 31 heavy (non-hydrogen) atoms. The lowest BCUT2D eigenvalue weighted by molar-refractivity contribution is -0.144. The SMILES string of the molecule is CCOC(=O)c1nc(C(F)(F)F)c(-c2ccccc2)c(-c2ccccc2)c1C(F)(F)F. The second-order valence-corrected chi connectivity index (χ2v) is 6.38. The summed E-state index contributed by atoms with van der Waals surface area (Å²) >= 11 is 0. The van der Waals surface area contributed by atoms with Crippen LogP contribution in [0.15, 0.2) is 60.7 Å². The third-order valence-corrected chi connectivity index (χ3v) is 4.34. The lowest BCUT2D eigenvalue weighted by Gasteiger charge is -2.23. The van der Waals surface area contributed by atoms with Crippen LogP contribution in [0.4, 0.5) is 26.3 Å². The molecule has 162 valence electrons. The van der Waals surface area contributed by atoms with Crippen molar-refractivity contribution in [2.45, 2.75) is 19.3 Å². The van der Waals surface area contributed by atoms with Gasteiger partial charge in [-0.05, 0) is 18.1 Å². The minimum absolute atomic E-state index is 0.123. The number of alkyl halides is 6. The highest BCUT2D eigenvalue weighted by Crippen LogP contribution is 2.48. The van der Waals surface area contributed by atoms with Gasteiger partial charge in [0.2, 0.25) is 0 Å². The van der Waals surface area contributed by atoms with E-state index in [2.05, 4.69) is 9.72 Å². The van der Waals surface area contributed by atoms with Crippen molar-refractivity contribution in [3.05, 3.63) is 77.6 Å². The molecule has 0 N–H and O–H groups in total. The predicted octanol–water partition coefficient (Wildman–Crippen LogP) is 6.63. The Morgan fingerprint density at radius 3 is 1.71 bits per heavy atom. The summed E-state index contributed by atoms with van der Waals surface area (Å²) in [6.07, 6.45) is -10.3. The van der Waals surface area contributed by atoms with Crippen LogP contribution in [-0.4, -0.2) is 17.6 Å². The Morgan fingerprint density at radius 2 is 1.29 bits per heavy atom. The molecule has 9 heteroatoms. The van der Waals surface area contributed by atoms with Crippen molar-refractivity contribution in [1.29, 1.82) is 0 Å². The van der Waals surface area contributed by atoms with Gasteiger partial charge in [-0.1, -0.05) is 60.7 Å². The van der Waals surface area contributed by atoms with E-state index in [9.17, 15) is 31.1 Å². The second-order valence-electron chi connectivity index (χ2n) is 6.38. The van der Waals surface area contributed by atoms with Crippen LogP contribution >= 0.6 is 0 Å². The maximum absolute atomic E-state index is 14.2. The van der Waals surface area contributed by atoms with E-state index in [0.717, 1.165) is 0 Å². The van der Waals surface area contributed by atoms with Crippen molar-refractivity contribution < 1.29 is 35.9 Å². The molecule has 0 unspecified atom stereocenters. The monoisotopic (exact) mass is 439 g/mol. The molecule has 2 aromatic carbocycles. The molecule has 0 aliphatic carbocycles. The Kier molecular flexibility index (Phi) is 6.06. The van der Waals surface area contributed by atoms with Crippen LogP contribution < -0.4 is 0 Å². The van der Waals surface area contributed by atoms with Gasteiger partial charge in [0.05, 0.1) is 12.2 Å². The Balaban J connectivity index is 2.59. The van der Waals surface area contributed by atoms with Crippen molar-refractivity contribution in [1.82, 2.24) is 4.98 Å². The molecule has 0 radical (unpaired) electrons. The molecule has 1 heterocycles. The van der Waals surface area contributed by atoms with Crippen LogP contribution in [0.25, 0.3) is 22.3 Å². The molecule has 3 aromatic rings. The van der Waals surface area contributed by atoms with Crippen LogP contribution in [0.5, 0.6) is 0 Å². The number of aromatic nitrogens is 1. The first-order chi connectivity index (χ1) is 14.6. The molecule has 0 atom stereocenters. The van der Waals surface area contributed by atoms with E-state index in [1.165, 1.54) is 67.6 Å². The van der Waals surface area contributed by atoms with Gasteiger partial charge < -0.3 is 4.74 Å². The van der Waals surface area contributed by atoms with E-state index >= 15 is 0 Å². The topological polar surface area (TPSA) is 39.2 Å². The maximum Gasteiger partial charge on any atom is 0.434 e. The first-order valence-electron chi connectivity index (χ1n) is 9.06. The lowest BCUT2D eigenvalue weighted by Crippen LogP contribution is -2.23. The van der Waals surface area contributed by atoms with Crippen molar-refractivity contribution in [3.8, 4) is 22.3 Å². The van der Waals surface area contributed by atoms with Crippen molar-refractivity contribution in [2.24, 2.45) is 0 Å². The molecule has 1 aromatic heterocycles. The van der Waals surface area contributed by atoms with Crippen LogP contribution in [0.2, 0.25) is 0 Å². The van der Waals surface area contributed by atoms with Gasteiger partial charge in [-0.25, -0.2) is 9.78 Å². The van der Waals surface area contributed by atoms with E-state index in [0.29, 0.717) is 0 Å². The molecule has 3 nitrogen and oxygen atoms in total. The summed E-state index contributed by atoms with van der Waals surface area (Å²) in [7, 11) is 0. The smallest absolute Gasteiger partial charge is 0.434 e. The number of hydrogen-bond acceptors (Lipinski definition) is 3. The zero-order valence-corrected chi connectivity index (χ0v) is 16.0. The van der Waals surface area contributed by atoms with Crippen LogP contribution in [0, 0.1) is 0 Å². The van der Waals surface area contributed by atoms with E-state index < -0.39 is 46.4 Å². The summed E-state index contributed by atoms with van der Waals surface area (Å²) in [5.41, 5.74) is -6.43. The first-order valence-corrected chi connectivity index (χ1v) is 9.06. The van der Waals surface area contributed by atoms with Crippen LogP contribution in [0.1, 0.15) is 28.7 Å². The average Bonchev–Trinajstić information content (AvgIpc) is 2.72. The molecule has 0 bridgehead atoms. The van der Waals surface area contributed by atoms with Crippen LogP contribution in [-0.2, 0) is 17.1 Å². The highest BCUT2D eigenvalue weighted by atomic mass is 19.4. The van der Waals surface area contributed by atoms with Gasteiger partial charge in [0.15, 0.2) is 11.4 Å². The number of pyridine rings is 1. The molecular formula is C22H15F6NO2. The normalized spacial score (nSPS) is 12.0. The average molecular weight is 439 g/mol. The number of nitrogens with zero attached hydrogens (tertiary/aromatic N) is 1. The lowest BCUT2D eigenvalue weighted by atomic mass is 9.88. The number of hydrogen-bond donors (Lipinski definition) is 0. The van der Waals surface area contributed by atoms with Gasteiger partial charge in [0.25, 0.3) is 0 Å². The summed E-state index contributed by atoms with van der Waals surface area (Å²) in [5, 5.41) is 0. The molecule has 0 fully saturated rings. The maximum atomic E-state index is 14.2. The zero-order chi connectivity index (χ0) is 22.8. The predicted molar refractivity (Wildman–Crippen MR) is 101 cm³/mol. The Morgan fingerprint density at radius 1 is 0.806 bits per heavy atom. The number of ether oxygens (including phenoxy) is 1. The summed E-state index contributed by atoms with van der Waals surface area (Å²) < 4.78 is 89.1. The summed E-state index contributed by atoms with van der Waals surface area (Å²) in [5.74, 6) is -1.59. The third kappa shape index (κ3) is 4.55. The second kappa shape index (κ2) is 8.41. The molecule has 0 saturated carbocycles. The highest BCUT2D eigenvalue weighted by Gasteiger charge is 2.46. The van der Waals surface area contributed by atoms with Gasteiger partial charge in [0.1, 0.15) is 0 Å². The molecule has 0 saturated heterocycles. The summed E-state index contributed by atoms with van der Waals surface area (Å²) in [4.78, 5) is 15.4. The fraction of sp³-hybridized carbons (Fsp3) is 0.182. The molecular weight excluding hydrogens is 424 g/mol. The van der Waals surface area contributed by atoms with Crippen molar-refractivity contribution >= 4 is 5.97 Å². The summed E-state index contributed by atoms with van der Waals surface area (Å²) in [6, 6.07) is 13.6. The van der Waals surface area contributed by atoms with Crippen molar-refractivity contribution in [3.63, 3.8) is 0 Å². The Hall–Kier alpha value is -3.36. The number of carbonyl (C=O) groups is 1. The van der Waals surface area contributed by atoms with Gasteiger partial charge in [-0.2, -0.15) is 26.3 Å². The molecule has 0 aliphatic heterocycles. The number of halogens is 6. The highest BCUT2D eigenvalue weighted by molar-refractivity contribution is 5.97. The van der Waals surface area contributed by atoms with Crippen LogP contribution in [0.3, 0.4) is 0 Å². The Bertz CT molecular complexity index is 1080. The van der Waals surface area contributed by atoms with Gasteiger partial charge in [0, 0.05) is 11.1 Å². The standard InChI is InChI=1S/C22H15F6NO2/c1-2-31-20(30)18-17(21(23,24)25)15(13-9-5-3-6-10-13)16(14-11-7-4-8-12-14)19(29-18)22(26,27)28/h3-12H,2H2,1H3. The summed E-state index contributed by atoms with van der Waals surface area (Å²) in [6.45, 7) is 0.993. The van der Waals surface area contributed by atoms with Gasteiger partial charge >= 0.3 is 18.3 Å². The number of benzene rings is 2. The van der Waals surface area contributed by atoms with Crippen molar-refractivity contribution in [2.75, 3.05) is 6.61 Å². The molecule has 0 aliphatic rings. The quantitative estimate of drug-likeness (QED) is 0.338. The largest absolute Gasteiger partial charge is 0.461 e. The first kappa shape index (κ1) is 22.3. The van der Waals surface area contributed by atoms with E-state index in [-0.39, 0.29) is 17.7 Å². The molecule has 0 amide bonds. The fourth-order valence-corrected chi connectivity index (χ4v) is 3.19. The minimum atomic E-state index is -5.19. The third-order valence-electron chi connectivity index (χ3n) is 4.34. The van der Waals surface area contributed by atoms with E-state index in [1.807, 2.05) is 0 Å². The van der Waals surface area contributed by atoms with Gasteiger partial charge in [-0.3, -0.25) is 0 Å². The molecule has 3 rings (SSSR count). The van der Waals surface area contributed by atoms with E-state index in [4.69, 9.17) is 0 Å². The number of rotatable bonds is 4. The zero-order valence-electron chi connectivity index (χ0n) is 16.0.